The molecule has 0 spiro atoms. The molecular weight excluding hydrogens is 318 g/mol. The molecule has 0 aliphatic rings. The van der Waals surface area contributed by atoms with E-state index in [0.29, 0.717) is 0 Å². The number of benzene rings is 1. The maximum atomic E-state index is 12.3. The molecule has 1 heterocycles. The van der Waals surface area contributed by atoms with Gasteiger partial charge in [-0.15, -0.1) is 11.3 Å². The fourth-order valence-electron chi connectivity index (χ4n) is 1.48. The van der Waals surface area contributed by atoms with E-state index in [0.717, 1.165) is 15.6 Å². The van der Waals surface area contributed by atoms with Crippen LogP contribution in [0.2, 0.25) is 0 Å². The summed E-state index contributed by atoms with van der Waals surface area (Å²) >= 11 is 0.752. The predicted molar refractivity (Wildman–Crippen MR) is 77.1 cm³/mol. The van der Waals surface area contributed by atoms with Gasteiger partial charge in [-0.3, -0.25) is 0 Å². The number of rotatable bonds is 4. The predicted octanol–water partition coefficient (Wildman–Crippen LogP) is 1.83. The van der Waals surface area contributed by atoms with Crippen molar-refractivity contribution in [2.75, 3.05) is 14.1 Å². The van der Waals surface area contributed by atoms with Crippen molar-refractivity contribution in [1.82, 2.24) is 4.31 Å². The maximum Gasteiger partial charge on any atom is 0.252 e. The number of hydrogen-bond donors (Lipinski definition) is 0. The van der Waals surface area contributed by atoms with Crippen molar-refractivity contribution in [3.8, 4) is 0 Å². The fraction of sp³-hybridized carbons (Fsp3) is 0.167. The fourth-order valence-corrected chi connectivity index (χ4v) is 5.84. The molecule has 0 radical (unpaired) electrons. The average Bonchev–Trinajstić information content (AvgIpc) is 2.90. The van der Waals surface area contributed by atoms with Crippen LogP contribution in [0.5, 0.6) is 0 Å². The Morgan fingerprint density at radius 3 is 1.95 bits per heavy atom. The van der Waals surface area contributed by atoms with Crippen molar-refractivity contribution < 1.29 is 16.8 Å². The van der Waals surface area contributed by atoms with Crippen LogP contribution in [0.1, 0.15) is 0 Å². The lowest BCUT2D eigenvalue weighted by atomic mass is 10.4. The lowest BCUT2D eigenvalue weighted by Gasteiger charge is -2.08. The zero-order valence-electron chi connectivity index (χ0n) is 10.8. The molecule has 0 saturated heterocycles. The average molecular weight is 331 g/mol. The Hall–Kier alpha value is -1.22. The van der Waals surface area contributed by atoms with Crippen molar-refractivity contribution in [3.63, 3.8) is 0 Å². The van der Waals surface area contributed by atoms with Crippen LogP contribution in [0.4, 0.5) is 0 Å². The van der Waals surface area contributed by atoms with Crippen molar-refractivity contribution in [2.24, 2.45) is 0 Å². The van der Waals surface area contributed by atoms with Gasteiger partial charge in [0.15, 0.2) is 0 Å². The lowest BCUT2D eigenvalue weighted by molar-refractivity contribution is 0.523. The molecule has 108 valence electrons. The minimum atomic E-state index is -3.67. The molecule has 0 atom stereocenters. The van der Waals surface area contributed by atoms with Gasteiger partial charge in [0.25, 0.3) is 10.0 Å². The molecule has 0 amide bonds. The van der Waals surface area contributed by atoms with E-state index in [4.69, 9.17) is 0 Å². The van der Waals surface area contributed by atoms with E-state index in [1.807, 2.05) is 0 Å². The summed E-state index contributed by atoms with van der Waals surface area (Å²) in [5, 5.41) is 0. The third-order valence-corrected chi connectivity index (χ3v) is 8.24. The summed E-state index contributed by atoms with van der Waals surface area (Å²) < 4.78 is 49.7. The highest BCUT2D eigenvalue weighted by Crippen LogP contribution is 2.30. The van der Waals surface area contributed by atoms with Crippen molar-refractivity contribution in [2.45, 2.75) is 13.3 Å². The molecular formula is C12H13NO4S3. The lowest BCUT2D eigenvalue weighted by Crippen LogP contribution is -2.21. The smallest absolute Gasteiger partial charge is 0.218 e. The maximum absolute atomic E-state index is 12.3. The number of sulfonamides is 1. The van der Waals surface area contributed by atoms with Gasteiger partial charge in [0, 0.05) is 14.1 Å². The SMILES string of the molecule is CN(C)S(=O)(=O)c1ccc(S(=O)(=O)c2ccccc2)s1. The van der Waals surface area contributed by atoms with E-state index >= 15 is 0 Å². The van der Waals surface area contributed by atoms with Gasteiger partial charge in [-0.2, -0.15) is 0 Å². The van der Waals surface area contributed by atoms with E-state index in [1.54, 1.807) is 18.2 Å². The Bertz CT molecular complexity index is 805. The monoisotopic (exact) mass is 331 g/mol. The first kappa shape index (κ1) is 15.2. The highest BCUT2D eigenvalue weighted by atomic mass is 32.3. The molecule has 20 heavy (non-hydrogen) atoms. The zero-order chi connectivity index (χ0) is 15.0. The normalized spacial score (nSPS) is 12.8. The van der Waals surface area contributed by atoms with Crippen LogP contribution in [-0.2, 0) is 19.9 Å². The topological polar surface area (TPSA) is 71.5 Å². The molecule has 0 aliphatic heterocycles. The quantitative estimate of drug-likeness (QED) is 0.857. The summed E-state index contributed by atoms with van der Waals surface area (Å²) in [4.78, 5) is 0.149. The van der Waals surface area contributed by atoms with Gasteiger partial charge in [0.2, 0.25) is 9.84 Å². The summed E-state index contributed by atoms with van der Waals surface area (Å²) in [7, 11) is -4.47. The number of sulfone groups is 1. The van der Waals surface area contributed by atoms with Gasteiger partial charge in [-0.1, -0.05) is 18.2 Å². The molecule has 1 aromatic heterocycles. The van der Waals surface area contributed by atoms with Crippen LogP contribution >= 0.6 is 11.3 Å². The van der Waals surface area contributed by atoms with Crippen LogP contribution in [0.15, 0.2) is 55.8 Å². The van der Waals surface area contributed by atoms with Gasteiger partial charge in [0.05, 0.1) is 4.90 Å². The van der Waals surface area contributed by atoms with Gasteiger partial charge in [0.1, 0.15) is 8.42 Å². The van der Waals surface area contributed by atoms with Crippen molar-refractivity contribution in [3.05, 3.63) is 42.5 Å². The minimum Gasteiger partial charge on any atom is -0.218 e. The first-order valence-corrected chi connectivity index (χ1v) is 9.33. The Morgan fingerprint density at radius 2 is 1.40 bits per heavy atom. The highest BCUT2D eigenvalue weighted by Gasteiger charge is 2.25. The van der Waals surface area contributed by atoms with Crippen LogP contribution in [0.3, 0.4) is 0 Å². The summed E-state index contributed by atoms with van der Waals surface area (Å²) in [6, 6.07) is 10.6. The number of hydrogen-bond acceptors (Lipinski definition) is 5. The van der Waals surface area contributed by atoms with Crippen LogP contribution < -0.4 is 0 Å². The number of nitrogens with zero attached hydrogens (tertiary/aromatic N) is 1. The zero-order valence-corrected chi connectivity index (χ0v) is 13.3. The molecule has 2 rings (SSSR count). The first-order valence-electron chi connectivity index (χ1n) is 5.59. The molecule has 1 aromatic carbocycles. The Morgan fingerprint density at radius 1 is 0.850 bits per heavy atom. The van der Waals surface area contributed by atoms with Crippen LogP contribution in [0.25, 0.3) is 0 Å². The molecule has 0 saturated carbocycles. The van der Waals surface area contributed by atoms with E-state index in [9.17, 15) is 16.8 Å². The van der Waals surface area contributed by atoms with Crippen LogP contribution in [-0.4, -0.2) is 35.2 Å². The summed E-state index contributed by atoms with van der Waals surface area (Å²) in [5.41, 5.74) is 0. The Labute approximate surface area is 122 Å². The molecule has 8 heteroatoms. The van der Waals surface area contributed by atoms with Crippen LogP contribution in [0, 0.1) is 0 Å². The summed E-state index contributed by atoms with van der Waals surface area (Å²) in [6.45, 7) is 0. The highest BCUT2D eigenvalue weighted by molar-refractivity contribution is 7.95. The van der Waals surface area contributed by atoms with Gasteiger partial charge in [-0.25, -0.2) is 21.1 Å². The van der Waals surface area contributed by atoms with E-state index in [1.165, 1.54) is 38.4 Å². The van der Waals surface area contributed by atoms with E-state index in [-0.39, 0.29) is 13.3 Å². The second kappa shape index (κ2) is 5.28. The van der Waals surface area contributed by atoms with E-state index < -0.39 is 19.9 Å². The second-order valence-corrected chi connectivity index (χ2v) is 9.82. The minimum absolute atomic E-state index is 0.0111. The molecule has 0 unspecified atom stereocenters. The summed E-state index contributed by atoms with van der Waals surface area (Å²) in [6.07, 6.45) is 0. The van der Waals surface area contributed by atoms with Gasteiger partial charge < -0.3 is 0 Å². The largest absolute Gasteiger partial charge is 0.252 e. The van der Waals surface area contributed by atoms with Crippen molar-refractivity contribution >= 4 is 31.2 Å². The van der Waals surface area contributed by atoms with Crippen molar-refractivity contribution in [1.29, 1.82) is 0 Å². The third-order valence-electron chi connectivity index (χ3n) is 2.61. The second-order valence-electron chi connectivity index (χ2n) is 4.18. The van der Waals surface area contributed by atoms with E-state index in [2.05, 4.69) is 0 Å². The van der Waals surface area contributed by atoms with Gasteiger partial charge in [-0.05, 0) is 24.3 Å². The molecule has 5 nitrogen and oxygen atoms in total. The Kier molecular flexibility index (Phi) is 4.01. The first-order chi connectivity index (χ1) is 9.26. The number of thiophene rings is 1. The Balaban J connectivity index is 2.50. The molecule has 0 fully saturated rings. The third kappa shape index (κ3) is 2.64. The van der Waals surface area contributed by atoms with Gasteiger partial charge >= 0.3 is 0 Å². The molecule has 0 N–H and O–H groups in total. The summed E-state index contributed by atoms with van der Waals surface area (Å²) in [5.74, 6) is 0. The molecule has 0 aliphatic carbocycles. The molecule has 0 bridgehead atoms. The molecule has 2 aromatic rings. The standard InChI is InChI=1S/C12H13NO4S3/c1-13(2)20(16,17)12-9-8-11(18-12)19(14,15)10-6-4-3-5-7-10/h3-9H,1-2H3.